The highest BCUT2D eigenvalue weighted by Crippen LogP contribution is 2.26. The molecular formula is C19H23N3O2. The number of rotatable bonds is 5. The Hall–Kier alpha value is -2.56. The summed E-state index contributed by atoms with van der Waals surface area (Å²) in [5, 5.41) is 8.00. The van der Waals surface area contributed by atoms with E-state index in [1.54, 1.807) is 0 Å². The van der Waals surface area contributed by atoms with Gasteiger partial charge in [0, 0.05) is 17.0 Å². The number of aromatic nitrogens is 2. The van der Waals surface area contributed by atoms with E-state index >= 15 is 0 Å². The Kier molecular flexibility index (Phi) is 4.42. The van der Waals surface area contributed by atoms with Crippen LogP contribution in [0.15, 0.2) is 22.7 Å². The standard InChI is InChI=1S/C19H23N3O2/c1-5-6-14-9-15(24-22-14)10-20-19(23)18-13(4)16-8-11(2)7-12(3)17(16)21-18/h7-9,21H,5-6,10H2,1-4H3,(H,20,23). The molecule has 3 rings (SSSR count). The molecule has 1 aromatic carbocycles. The van der Waals surface area contributed by atoms with Crippen molar-refractivity contribution in [1.82, 2.24) is 15.5 Å². The number of hydrogen-bond donors (Lipinski definition) is 2. The van der Waals surface area contributed by atoms with E-state index in [0.29, 0.717) is 18.0 Å². The summed E-state index contributed by atoms with van der Waals surface area (Å²) in [4.78, 5) is 15.8. The van der Waals surface area contributed by atoms with Crippen molar-refractivity contribution < 1.29 is 9.32 Å². The topological polar surface area (TPSA) is 70.9 Å². The minimum Gasteiger partial charge on any atom is -0.359 e. The molecular weight excluding hydrogens is 302 g/mol. The molecule has 1 amide bonds. The molecule has 0 saturated heterocycles. The van der Waals surface area contributed by atoms with Gasteiger partial charge in [-0.3, -0.25) is 4.79 Å². The molecule has 3 aromatic rings. The molecule has 5 nitrogen and oxygen atoms in total. The highest BCUT2D eigenvalue weighted by molar-refractivity contribution is 6.01. The van der Waals surface area contributed by atoms with Crippen LogP contribution in [0.25, 0.3) is 10.9 Å². The molecule has 0 atom stereocenters. The van der Waals surface area contributed by atoms with Gasteiger partial charge in [0.05, 0.1) is 12.2 Å². The normalized spacial score (nSPS) is 11.2. The average molecular weight is 325 g/mol. The molecule has 126 valence electrons. The summed E-state index contributed by atoms with van der Waals surface area (Å²) in [5.74, 6) is 0.543. The molecule has 2 aromatic heterocycles. The number of H-pyrrole nitrogens is 1. The number of hydrogen-bond acceptors (Lipinski definition) is 3. The van der Waals surface area contributed by atoms with Crippen molar-refractivity contribution in [1.29, 1.82) is 0 Å². The molecule has 0 bridgehead atoms. The molecule has 5 heteroatoms. The fourth-order valence-electron chi connectivity index (χ4n) is 3.08. The van der Waals surface area contributed by atoms with E-state index in [1.165, 1.54) is 5.56 Å². The zero-order valence-electron chi connectivity index (χ0n) is 14.6. The zero-order valence-corrected chi connectivity index (χ0v) is 14.6. The number of nitrogens with one attached hydrogen (secondary N) is 2. The van der Waals surface area contributed by atoms with Crippen LogP contribution >= 0.6 is 0 Å². The summed E-state index contributed by atoms with van der Waals surface area (Å²) >= 11 is 0. The molecule has 0 aliphatic rings. The number of aryl methyl sites for hydroxylation is 4. The second kappa shape index (κ2) is 6.51. The Morgan fingerprint density at radius 2 is 2.04 bits per heavy atom. The molecule has 2 heterocycles. The third-order valence-electron chi connectivity index (χ3n) is 4.27. The number of amides is 1. The number of nitrogens with zero attached hydrogens (tertiary/aromatic N) is 1. The van der Waals surface area contributed by atoms with Crippen LogP contribution in [-0.4, -0.2) is 16.0 Å². The second-order valence-corrected chi connectivity index (χ2v) is 6.35. The monoisotopic (exact) mass is 325 g/mol. The van der Waals surface area contributed by atoms with Gasteiger partial charge >= 0.3 is 0 Å². The van der Waals surface area contributed by atoms with Crippen molar-refractivity contribution in [2.24, 2.45) is 0 Å². The number of aromatic amines is 1. The lowest BCUT2D eigenvalue weighted by Crippen LogP contribution is -2.23. The van der Waals surface area contributed by atoms with Crippen molar-refractivity contribution >= 4 is 16.8 Å². The van der Waals surface area contributed by atoms with Crippen molar-refractivity contribution in [3.63, 3.8) is 0 Å². The highest BCUT2D eigenvalue weighted by Gasteiger charge is 2.16. The average Bonchev–Trinajstić information content (AvgIpc) is 3.11. The smallest absolute Gasteiger partial charge is 0.268 e. The summed E-state index contributed by atoms with van der Waals surface area (Å²) in [7, 11) is 0. The lowest BCUT2D eigenvalue weighted by Gasteiger charge is -2.02. The van der Waals surface area contributed by atoms with Gasteiger partial charge in [-0.15, -0.1) is 0 Å². The third-order valence-corrected chi connectivity index (χ3v) is 4.27. The molecule has 0 radical (unpaired) electrons. The molecule has 0 saturated carbocycles. The predicted molar refractivity (Wildman–Crippen MR) is 94.2 cm³/mol. The van der Waals surface area contributed by atoms with E-state index in [0.717, 1.165) is 40.6 Å². The van der Waals surface area contributed by atoms with Gasteiger partial charge in [0.25, 0.3) is 5.91 Å². The van der Waals surface area contributed by atoms with Crippen LogP contribution in [-0.2, 0) is 13.0 Å². The minimum absolute atomic E-state index is 0.130. The van der Waals surface area contributed by atoms with Crippen molar-refractivity contribution in [2.75, 3.05) is 0 Å². The number of fused-ring (bicyclic) bond motifs is 1. The number of carbonyl (C=O) groups is 1. The molecule has 24 heavy (non-hydrogen) atoms. The van der Waals surface area contributed by atoms with E-state index in [9.17, 15) is 4.79 Å². The fraction of sp³-hybridized carbons (Fsp3) is 0.368. The van der Waals surface area contributed by atoms with Crippen LogP contribution < -0.4 is 5.32 Å². The molecule has 0 unspecified atom stereocenters. The van der Waals surface area contributed by atoms with Crippen LogP contribution in [0.2, 0.25) is 0 Å². The highest BCUT2D eigenvalue weighted by atomic mass is 16.5. The van der Waals surface area contributed by atoms with Crippen LogP contribution in [0.1, 0.15) is 52.0 Å². The fourth-order valence-corrected chi connectivity index (χ4v) is 3.08. The first kappa shape index (κ1) is 16.3. The van der Waals surface area contributed by atoms with Crippen LogP contribution in [0, 0.1) is 20.8 Å². The Bertz CT molecular complexity index is 890. The largest absolute Gasteiger partial charge is 0.359 e. The van der Waals surface area contributed by atoms with Gasteiger partial charge in [-0.1, -0.05) is 30.1 Å². The predicted octanol–water partition coefficient (Wildman–Crippen LogP) is 3.96. The summed E-state index contributed by atoms with van der Waals surface area (Å²) in [5.41, 5.74) is 5.86. The summed E-state index contributed by atoms with van der Waals surface area (Å²) in [6, 6.07) is 6.12. The summed E-state index contributed by atoms with van der Waals surface area (Å²) in [6.07, 6.45) is 1.91. The molecule has 0 aliphatic heterocycles. The second-order valence-electron chi connectivity index (χ2n) is 6.35. The lowest BCUT2D eigenvalue weighted by atomic mass is 10.1. The van der Waals surface area contributed by atoms with Crippen molar-refractivity contribution in [2.45, 2.75) is 47.1 Å². The van der Waals surface area contributed by atoms with Gasteiger partial charge in [0.2, 0.25) is 0 Å². The van der Waals surface area contributed by atoms with Crippen molar-refractivity contribution in [3.05, 3.63) is 52.0 Å². The van der Waals surface area contributed by atoms with E-state index < -0.39 is 0 Å². The lowest BCUT2D eigenvalue weighted by molar-refractivity contribution is 0.0942. The summed E-state index contributed by atoms with van der Waals surface area (Å²) < 4.78 is 5.25. The first-order valence-electron chi connectivity index (χ1n) is 8.31. The van der Waals surface area contributed by atoms with Gasteiger partial charge < -0.3 is 14.8 Å². The molecule has 0 fully saturated rings. The van der Waals surface area contributed by atoms with Crippen LogP contribution in [0.4, 0.5) is 0 Å². The molecule has 0 spiro atoms. The Balaban J connectivity index is 1.78. The van der Waals surface area contributed by atoms with Gasteiger partial charge in [-0.25, -0.2) is 0 Å². The van der Waals surface area contributed by atoms with E-state index in [1.807, 2.05) is 13.0 Å². The Morgan fingerprint density at radius 1 is 1.25 bits per heavy atom. The number of benzene rings is 1. The van der Waals surface area contributed by atoms with Gasteiger partial charge in [0.1, 0.15) is 5.69 Å². The van der Waals surface area contributed by atoms with Gasteiger partial charge in [0.15, 0.2) is 5.76 Å². The van der Waals surface area contributed by atoms with E-state index in [-0.39, 0.29) is 5.91 Å². The SMILES string of the molecule is CCCc1cc(CNC(=O)c2[nH]c3c(C)cc(C)cc3c2C)on1. The maximum absolute atomic E-state index is 12.5. The summed E-state index contributed by atoms with van der Waals surface area (Å²) in [6.45, 7) is 8.52. The molecule has 2 N–H and O–H groups in total. The van der Waals surface area contributed by atoms with Gasteiger partial charge in [-0.2, -0.15) is 0 Å². The third kappa shape index (κ3) is 3.07. The zero-order chi connectivity index (χ0) is 17.3. The van der Waals surface area contributed by atoms with Gasteiger partial charge in [-0.05, 0) is 44.4 Å². The maximum Gasteiger partial charge on any atom is 0.268 e. The van der Waals surface area contributed by atoms with Crippen molar-refractivity contribution in [3.8, 4) is 0 Å². The number of carbonyl (C=O) groups excluding carboxylic acids is 1. The van der Waals surface area contributed by atoms with Crippen LogP contribution in [0.5, 0.6) is 0 Å². The minimum atomic E-state index is -0.130. The first-order valence-corrected chi connectivity index (χ1v) is 8.31. The van der Waals surface area contributed by atoms with E-state index in [2.05, 4.69) is 48.4 Å². The molecule has 0 aliphatic carbocycles. The van der Waals surface area contributed by atoms with E-state index in [4.69, 9.17) is 4.52 Å². The maximum atomic E-state index is 12.5. The quantitative estimate of drug-likeness (QED) is 0.746. The Labute approximate surface area is 141 Å². The first-order chi connectivity index (χ1) is 11.5. The Morgan fingerprint density at radius 3 is 2.79 bits per heavy atom. The van der Waals surface area contributed by atoms with Crippen LogP contribution in [0.3, 0.4) is 0 Å².